The molecule has 222 valence electrons. The minimum Gasteiger partial charge on any atom is -0.481 e. The SMILES string of the molecule is CCNC(=O)C(CC(C)C)NC(=O)[C@H](CC)NC(=O)[C@H](CC1CCCCC1)NC(=O)C1CCCCC1C(=O)O. The molecule has 0 aromatic heterocycles. The Morgan fingerprint density at radius 1 is 0.718 bits per heavy atom. The number of aliphatic carboxylic acids is 1. The number of likely N-dealkylation sites (N-methyl/N-ethyl adjacent to an activating group) is 1. The fourth-order valence-electron chi connectivity index (χ4n) is 5.90. The summed E-state index contributed by atoms with van der Waals surface area (Å²) in [6.07, 6.45) is 8.98. The van der Waals surface area contributed by atoms with Gasteiger partial charge in [-0.3, -0.25) is 24.0 Å². The highest BCUT2D eigenvalue weighted by atomic mass is 16.4. The maximum absolute atomic E-state index is 13.5. The van der Waals surface area contributed by atoms with Crippen LogP contribution in [0.3, 0.4) is 0 Å². The smallest absolute Gasteiger partial charge is 0.307 e. The number of carbonyl (C=O) groups is 5. The second-order valence-electron chi connectivity index (χ2n) is 11.7. The molecule has 2 fully saturated rings. The van der Waals surface area contributed by atoms with Gasteiger partial charge in [-0.25, -0.2) is 0 Å². The van der Waals surface area contributed by atoms with Crippen molar-refractivity contribution in [3.05, 3.63) is 0 Å². The number of carbonyl (C=O) groups excluding carboxylic acids is 4. The van der Waals surface area contributed by atoms with E-state index in [-0.39, 0.29) is 17.7 Å². The average Bonchev–Trinajstić information content (AvgIpc) is 2.91. The molecule has 39 heavy (non-hydrogen) atoms. The van der Waals surface area contributed by atoms with Gasteiger partial charge in [0.1, 0.15) is 18.1 Å². The van der Waals surface area contributed by atoms with Gasteiger partial charge in [-0.2, -0.15) is 0 Å². The molecule has 2 saturated carbocycles. The van der Waals surface area contributed by atoms with E-state index >= 15 is 0 Å². The van der Waals surface area contributed by atoms with Crippen LogP contribution >= 0.6 is 0 Å². The molecule has 10 nitrogen and oxygen atoms in total. The minimum atomic E-state index is -0.978. The molecule has 0 heterocycles. The van der Waals surface area contributed by atoms with Gasteiger partial charge >= 0.3 is 5.97 Å². The fourth-order valence-corrected chi connectivity index (χ4v) is 5.90. The molecule has 0 spiro atoms. The molecule has 0 aromatic carbocycles. The summed E-state index contributed by atoms with van der Waals surface area (Å²) in [4.78, 5) is 64.2. The molecule has 0 saturated heterocycles. The van der Waals surface area contributed by atoms with Crippen LogP contribution < -0.4 is 21.3 Å². The molecule has 2 aliphatic rings. The third kappa shape index (κ3) is 10.4. The van der Waals surface area contributed by atoms with E-state index in [0.717, 1.165) is 44.9 Å². The third-order valence-corrected chi connectivity index (χ3v) is 8.08. The second kappa shape index (κ2) is 16.5. The maximum Gasteiger partial charge on any atom is 0.307 e. The number of hydrogen-bond donors (Lipinski definition) is 5. The Hall–Kier alpha value is -2.65. The van der Waals surface area contributed by atoms with Crippen LogP contribution in [0.4, 0.5) is 0 Å². The normalized spacial score (nSPS) is 22.3. The van der Waals surface area contributed by atoms with Crippen LogP contribution in [0.5, 0.6) is 0 Å². The highest BCUT2D eigenvalue weighted by Crippen LogP contribution is 2.31. The van der Waals surface area contributed by atoms with Crippen molar-refractivity contribution in [3.8, 4) is 0 Å². The monoisotopic (exact) mass is 550 g/mol. The van der Waals surface area contributed by atoms with Crippen LogP contribution in [-0.4, -0.2) is 59.4 Å². The molecular formula is C29H50N4O6. The molecule has 10 heteroatoms. The average molecular weight is 551 g/mol. The van der Waals surface area contributed by atoms with Crippen LogP contribution in [0, 0.1) is 23.7 Å². The molecule has 5 N–H and O–H groups in total. The quantitative estimate of drug-likeness (QED) is 0.224. The molecule has 0 radical (unpaired) electrons. The van der Waals surface area contributed by atoms with Crippen LogP contribution in [0.1, 0.15) is 105 Å². The minimum absolute atomic E-state index is 0.178. The van der Waals surface area contributed by atoms with Gasteiger partial charge in [0.2, 0.25) is 23.6 Å². The Morgan fingerprint density at radius 2 is 1.28 bits per heavy atom. The van der Waals surface area contributed by atoms with E-state index in [0.29, 0.717) is 38.6 Å². The van der Waals surface area contributed by atoms with Crippen molar-refractivity contribution in [1.82, 2.24) is 21.3 Å². The summed E-state index contributed by atoms with van der Waals surface area (Å²) in [7, 11) is 0. The van der Waals surface area contributed by atoms with Gasteiger partial charge in [0.05, 0.1) is 11.8 Å². The Morgan fingerprint density at radius 3 is 1.85 bits per heavy atom. The van der Waals surface area contributed by atoms with Crippen LogP contribution in [0.15, 0.2) is 0 Å². The van der Waals surface area contributed by atoms with Gasteiger partial charge in [0, 0.05) is 6.54 Å². The molecule has 2 rings (SSSR count). The van der Waals surface area contributed by atoms with Gasteiger partial charge < -0.3 is 26.4 Å². The van der Waals surface area contributed by atoms with E-state index in [9.17, 15) is 29.1 Å². The molecule has 4 amide bonds. The lowest BCUT2D eigenvalue weighted by Gasteiger charge is -2.31. The predicted molar refractivity (Wildman–Crippen MR) is 148 cm³/mol. The summed E-state index contributed by atoms with van der Waals surface area (Å²) < 4.78 is 0. The Labute approximate surface area is 233 Å². The number of carboxylic acid groups (broad SMARTS) is 1. The van der Waals surface area contributed by atoms with Gasteiger partial charge in [0.25, 0.3) is 0 Å². The molecule has 5 atom stereocenters. The lowest BCUT2D eigenvalue weighted by molar-refractivity contribution is -0.149. The Bertz CT molecular complexity index is 842. The first-order chi connectivity index (χ1) is 18.6. The Balaban J connectivity index is 2.14. The Kier molecular flexibility index (Phi) is 13.7. The van der Waals surface area contributed by atoms with E-state index in [1.54, 1.807) is 6.92 Å². The van der Waals surface area contributed by atoms with E-state index < -0.39 is 53.7 Å². The number of rotatable bonds is 14. The van der Waals surface area contributed by atoms with Gasteiger partial charge in [0.15, 0.2) is 0 Å². The molecule has 2 aliphatic carbocycles. The largest absolute Gasteiger partial charge is 0.481 e. The molecule has 0 aliphatic heterocycles. The van der Waals surface area contributed by atoms with Crippen molar-refractivity contribution in [3.63, 3.8) is 0 Å². The fraction of sp³-hybridized carbons (Fsp3) is 0.828. The first-order valence-corrected chi connectivity index (χ1v) is 15.0. The first kappa shape index (κ1) is 32.6. The highest BCUT2D eigenvalue weighted by Gasteiger charge is 2.38. The topological polar surface area (TPSA) is 154 Å². The number of nitrogens with one attached hydrogen (secondary N) is 4. The van der Waals surface area contributed by atoms with Crippen LogP contribution in [-0.2, 0) is 24.0 Å². The lowest BCUT2D eigenvalue weighted by atomic mass is 9.78. The molecule has 0 aromatic rings. The lowest BCUT2D eigenvalue weighted by Crippen LogP contribution is -2.57. The van der Waals surface area contributed by atoms with E-state index in [1.807, 2.05) is 20.8 Å². The second-order valence-corrected chi connectivity index (χ2v) is 11.7. The van der Waals surface area contributed by atoms with Gasteiger partial charge in [-0.15, -0.1) is 0 Å². The van der Waals surface area contributed by atoms with Gasteiger partial charge in [-0.05, 0) is 50.9 Å². The first-order valence-electron chi connectivity index (χ1n) is 15.0. The maximum atomic E-state index is 13.5. The van der Waals surface area contributed by atoms with Crippen molar-refractivity contribution in [2.45, 2.75) is 123 Å². The van der Waals surface area contributed by atoms with Gasteiger partial charge in [-0.1, -0.05) is 65.7 Å². The predicted octanol–water partition coefficient (Wildman–Crippen LogP) is 2.89. The van der Waals surface area contributed by atoms with Crippen LogP contribution in [0.25, 0.3) is 0 Å². The summed E-state index contributed by atoms with van der Waals surface area (Å²) in [5, 5.41) is 20.9. The van der Waals surface area contributed by atoms with Crippen molar-refractivity contribution in [2.24, 2.45) is 23.7 Å². The zero-order valence-corrected chi connectivity index (χ0v) is 24.2. The summed E-state index contributed by atoms with van der Waals surface area (Å²) >= 11 is 0. The van der Waals surface area contributed by atoms with E-state index in [1.165, 1.54) is 0 Å². The number of amides is 4. The van der Waals surface area contributed by atoms with Crippen LogP contribution in [0.2, 0.25) is 0 Å². The summed E-state index contributed by atoms with van der Waals surface area (Å²) in [5.74, 6) is -3.49. The van der Waals surface area contributed by atoms with Crippen molar-refractivity contribution < 1.29 is 29.1 Å². The van der Waals surface area contributed by atoms with E-state index in [2.05, 4.69) is 21.3 Å². The zero-order chi connectivity index (χ0) is 28.9. The number of carboxylic acids is 1. The van der Waals surface area contributed by atoms with Crippen molar-refractivity contribution in [1.29, 1.82) is 0 Å². The zero-order valence-electron chi connectivity index (χ0n) is 24.2. The summed E-state index contributed by atoms with van der Waals surface area (Å²) in [5.41, 5.74) is 0. The van der Waals surface area contributed by atoms with Crippen molar-refractivity contribution >= 4 is 29.6 Å². The van der Waals surface area contributed by atoms with Crippen molar-refractivity contribution in [2.75, 3.05) is 6.54 Å². The highest BCUT2D eigenvalue weighted by molar-refractivity contribution is 5.95. The summed E-state index contributed by atoms with van der Waals surface area (Å²) in [6, 6.07) is -2.43. The standard InChI is InChI=1S/C29H50N4O6/c1-5-22(27(36)33-23(16-18(3)4)26(35)30-6-2)31-28(37)24(17-19-12-8-7-9-13-19)32-25(34)20-14-10-11-15-21(20)29(38)39/h18-24H,5-17H2,1-4H3,(H,30,35)(H,31,37)(H,32,34)(H,33,36)(H,38,39)/t20?,21?,22-,23?,24-/m0/s1. The molecule has 0 bridgehead atoms. The third-order valence-electron chi connectivity index (χ3n) is 8.08. The molecule has 3 unspecified atom stereocenters. The molecular weight excluding hydrogens is 500 g/mol. The summed E-state index contributed by atoms with van der Waals surface area (Å²) in [6.45, 7) is 7.98. The van der Waals surface area contributed by atoms with E-state index in [4.69, 9.17) is 0 Å². The number of hydrogen-bond acceptors (Lipinski definition) is 5.